The normalized spacial score (nSPS) is 14.8. The van der Waals surface area contributed by atoms with Crippen LogP contribution in [0.2, 0.25) is 0 Å². The van der Waals surface area contributed by atoms with Gasteiger partial charge in [-0.2, -0.15) is 0 Å². The summed E-state index contributed by atoms with van der Waals surface area (Å²) >= 11 is 1.39. The summed E-state index contributed by atoms with van der Waals surface area (Å²) < 4.78 is 10.5. The molecule has 1 aromatic rings. The first-order valence-electron chi connectivity index (χ1n) is 7.04. The summed E-state index contributed by atoms with van der Waals surface area (Å²) in [7, 11) is 3.09. The fraction of sp³-hybridized carbons (Fsp3) is 0.375. The maximum Gasteiger partial charge on any atom is 0.267 e. The fourth-order valence-corrected chi connectivity index (χ4v) is 3.24. The van der Waals surface area contributed by atoms with Gasteiger partial charge in [0.05, 0.1) is 24.7 Å². The Bertz CT molecular complexity index is 639. The number of hydrogen-bond donors (Lipinski definition) is 0. The van der Waals surface area contributed by atoms with Gasteiger partial charge in [-0.25, -0.2) is 0 Å². The van der Waals surface area contributed by atoms with Crippen molar-refractivity contribution in [2.45, 2.75) is 13.8 Å². The standard InChI is InChI=1S/C16H19NO4S/c1-5-17-15(18)13(14(16(17)19)22-6-2)10-7-8-11(20-3)12(9-10)21-4/h7-9H,5-6H2,1-4H3. The van der Waals surface area contributed by atoms with Crippen LogP contribution < -0.4 is 9.47 Å². The Morgan fingerprint density at radius 1 is 1.05 bits per heavy atom. The molecule has 1 aliphatic heterocycles. The molecule has 0 bridgehead atoms. The van der Waals surface area contributed by atoms with Crippen LogP contribution in [0.4, 0.5) is 0 Å². The summed E-state index contributed by atoms with van der Waals surface area (Å²) in [5.74, 6) is 1.37. The van der Waals surface area contributed by atoms with E-state index in [1.165, 1.54) is 23.8 Å². The number of benzene rings is 1. The molecular formula is C16H19NO4S. The van der Waals surface area contributed by atoms with Crippen molar-refractivity contribution in [3.8, 4) is 11.5 Å². The SMILES string of the molecule is CCSC1=C(c2ccc(OC)c(OC)c2)C(=O)N(CC)C1=O. The van der Waals surface area contributed by atoms with Crippen LogP contribution in [0.5, 0.6) is 11.5 Å². The van der Waals surface area contributed by atoms with Crippen LogP contribution in [-0.2, 0) is 9.59 Å². The van der Waals surface area contributed by atoms with Gasteiger partial charge < -0.3 is 9.47 Å². The third-order valence-electron chi connectivity index (χ3n) is 3.40. The van der Waals surface area contributed by atoms with E-state index in [0.29, 0.717) is 34.1 Å². The van der Waals surface area contributed by atoms with Gasteiger partial charge in [0.15, 0.2) is 11.5 Å². The number of carbonyl (C=O) groups excluding carboxylic acids is 2. The Morgan fingerprint density at radius 2 is 1.73 bits per heavy atom. The van der Waals surface area contributed by atoms with E-state index in [0.717, 1.165) is 5.75 Å². The molecule has 0 saturated heterocycles. The van der Waals surface area contributed by atoms with Gasteiger partial charge in [0.2, 0.25) is 0 Å². The zero-order chi connectivity index (χ0) is 16.3. The number of ether oxygens (including phenoxy) is 2. The molecule has 1 aromatic carbocycles. The van der Waals surface area contributed by atoms with E-state index < -0.39 is 0 Å². The van der Waals surface area contributed by atoms with E-state index in [9.17, 15) is 9.59 Å². The van der Waals surface area contributed by atoms with Crippen molar-refractivity contribution in [2.24, 2.45) is 0 Å². The molecule has 2 rings (SSSR count). The van der Waals surface area contributed by atoms with Crippen molar-refractivity contribution in [2.75, 3.05) is 26.5 Å². The van der Waals surface area contributed by atoms with E-state index in [-0.39, 0.29) is 11.8 Å². The molecule has 118 valence electrons. The molecule has 1 heterocycles. The number of rotatable bonds is 6. The molecule has 1 aliphatic rings. The van der Waals surface area contributed by atoms with Crippen LogP contribution in [0, 0.1) is 0 Å². The highest BCUT2D eigenvalue weighted by Crippen LogP contribution is 2.38. The first-order valence-corrected chi connectivity index (χ1v) is 8.03. The average Bonchev–Trinajstić information content (AvgIpc) is 2.77. The van der Waals surface area contributed by atoms with Crippen molar-refractivity contribution in [3.05, 3.63) is 28.7 Å². The number of thioether (sulfide) groups is 1. The molecule has 0 spiro atoms. The van der Waals surface area contributed by atoms with Crippen molar-refractivity contribution < 1.29 is 19.1 Å². The number of hydrogen-bond acceptors (Lipinski definition) is 5. The second-order valence-corrected chi connectivity index (χ2v) is 5.84. The molecule has 2 amide bonds. The average molecular weight is 321 g/mol. The lowest BCUT2D eigenvalue weighted by Crippen LogP contribution is -2.31. The maximum atomic E-state index is 12.5. The molecular weight excluding hydrogens is 302 g/mol. The first kappa shape index (κ1) is 16.4. The van der Waals surface area contributed by atoms with Crippen LogP contribution in [-0.4, -0.2) is 43.2 Å². The van der Waals surface area contributed by atoms with Gasteiger partial charge in [-0.15, -0.1) is 11.8 Å². The summed E-state index contributed by atoms with van der Waals surface area (Å²) in [6.45, 7) is 4.11. The molecule has 5 nitrogen and oxygen atoms in total. The minimum absolute atomic E-state index is 0.218. The van der Waals surface area contributed by atoms with Gasteiger partial charge in [0.1, 0.15) is 0 Å². The quantitative estimate of drug-likeness (QED) is 0.754. The Morgan fingerprint density at radius 3 is 2.27 bits per heavy atom. The minimum Gasteiger partial charge on any atom is -0.493 e. The minimum atomic E-state index is -0.254. The molecule has 0 N–H and O–H groups in total. The molecule has 0 atom stereocenters. The molecule has 22 heavy (non-hydrogen) atoms. The van der Waals surface area contributed by atoms with Gasteiger partial charge in [-0.3, -0.25) is 14.5 Å². The predicted octanol–water partition coefficient (Wildman–Crippen LogP) is 2.56. The lowest BCUT2D eigenvalue weighted by Gasteiger charge is -2.12. The number of carbonyl (C=O) groups is 2. The third-order valence-corrected chi connectivity index (χ3v) is 4.36. The van der Waals surface area contributed by atoms with Gasteiger partial charge >= 0.3 is 0 Å². The number of imide groups is 1. The molecule has 0 aliphatic carbocycles. The van der Waals surface area contributed by atoms with Gasteiger partial charge in [0, 0.05) is 6.54 Å². The van der Waals surface area contributed by atoms with E-state index in [2.05, 4.69) is 0 Å². The monoisotopic (exact) mass is 321 g/mol. The highest BCUT2D eigenvalue weighted by atomic mass is 32.2. The van der Waals surface area contributed by atoms with Crippen LogP contribution in [0.1, 0.15) is 19.4 Å². The third kappa shape index (κ3) is 2.70. The molecule has 0 unspecified atom stereocenters. The predicted molar refractivity (Wildman–Crippen MR) is 87.0 cm³/mol. The Balaban J connectivity index is 2.56. The Kier molecular flexibility index (Phi) is 5.13. The molecule has 0 aromatic heterocycles. The number of amides is 2. The lowest BCUT2D eigenvalue weighted by molar-refractivity contribution is -0.136. The summed E-state index contributed by atoms with van der Waals surface area (Å²) in [6, 6.07) is 5.24. The number of nitrogens with zero attached hydrogens (tertiary/aromatic N) is 1. The van der Waals surface area contributed by atoms with Crippen molar-refractivity contribution in [1.29, 1.82) is 0 Å². The number of likely N-dealkylation sites (N-methyl/N-ethyl adjacent to an activating group) is 1. The summed E-state index contributed by atoms with van der Waals surface area (Å²) in [4.78, 5) is 26.7. The van der Waals surface area contributed by atoms with Gasteiger partial charge in [-0.05, 0) is 30.4 Å². The Hall–Kier alpha value is -1.95. The maximum absolute atomic E-state index is 12.5. The molecule has 0 saturated carbocycles. The largest absolute Gasteiger partial charge is 0.493 e. The summed E-state index contributed by atoms with van der Waals surface area (Å²) in [5.41, 5.74) is 1.11. The van der Waals surface area contributed by atoms with Crippen LogP contribution in [0.25, 0.3) is 5.57 Å². The first-order chi connectivity index (χ1) is 10.6. The van der Waals surface area contributed by atoms with E-state index in [1.807, 2.05) is 6.92 Å². The molecule has 0 fully saturated rings. The van der Waals surface area contributed by atoms with Gasteiger partial charge in [-0.1, -0.05) is 13.0 Å². The lowest BCUT2D eigenvalue weighted by atomic mass is 10.1. The van der Waals surface area contributed by atoms with Crippen molar-refractivity contribution in [3.63, 3.8) is 0 Å². The topological polar surface area (TPSA) is 55.8 Å². The van der Waals surface area contributed by atoms with Crippen LogP contribution >= 0.6 is 11.8 Å². The van der Waals surface area contributed by atoms with E-state index in [1.54, 1.807) is 32.2 Å². The van der Waals surface area contributed by atoms with Crippen molar-refractivity contribution >= 4 is 29.1 Å². The van der Waals surface area contributed by atoms with Crippen molar-refractivity contribution in [1.82, 2.24) is 4.90 Å². The highest BCUT2D eigenvalue weighted by Gasteiger charge is 2.38. The van der Waals surface area contributed by atoms with E-state index >= 15 is 0 Å². The van der Waals surface area contributed by atoms with Gasteiger partial charge in [0.25, 0.3) is 11.8 Å². The summed E-state index contributed by atoms with van der Waals surface area (Å²) in [5, 5.41) is 0. The fourth-order valence-electron chi connectivity index (χ4n) is 2.37. The Labute approximate surface area is 134 Å². The zero-order valence-electron chi connectivity index (χ0n) is 13.1. The van der Waals surface area contributed by atoms with E-state index in [4.69, 9.17) is 9.47 Å². The van der Waals surface area contributed by atoms with Crippen LogP contribution in [0.3, 0.4) is 0 Å². The second-order valence-electron chi connectivity index (χ2n) is 4.56. The summed E-state index contributed by atoms with van der Waals surface area (Å²) in [6.07, 6.45) is 0. The smallest absolute Gasteiger partial charge is 0.267 e. The highest BCUT2D eigenvalue weighted by molar-refractivity contribution is 8.04. The second kappa shape index (κ2) is 6.87. The number of methoxy groups -OCH3 is 2. The molecule has 0 radical (unpaired) electrons. The zero-order valence-corrected chi connectivity index (χ0v) is 14.0. The van der Waals surface area contributed by atoms with Crippen LogP contribution in [0.15, 0.2) is 23.1 Å². The molecule has 6 heteroatoms.